The van der Waals surface area contributed by atoms with Gasteiger partial charge in [0, 0.05) is 25.7 Å². The zero-order chi connectivity index (χ0) is 18.0. The van der Waals surface area contributed by atoms with Crippen molar-refractivity contribution in [2.45, 2.75) is 6.92 Å². The van der Waals surface area contributed by atoms with E-state index < -0.39 is 0 Å². The zero-order valence-corrected chi connectivity index (χ0v) is 15.3. The van der Waals surface area contributed by atoms with Gasteiger partial charge in [0.05, 0.1) is 23.0 Å². The van der Waals surface area contributed by atoms with Gasteiger partial charge in [0.2, 0.25) is 0 Å². The van der Waals surface area contributed by atoms with Gasteiger partial charge in [-0.3, -0.25) is 19.8 Å². The summed E-state index contributed by atoms with van der Waals surface area (Å²) in [6, 6.07) is 5.02. The first-order valence-electron chi connectivity index (χ1n) is 7.87. The Balaban J connectivity index is 1.92. The van der Waals surface area contributed by atoms with Crippen molar-refractivity contribution in [1.82, 2.24) is 4.90 Å². The lowest BCUT2D eigenvalue weighted by Gasteiger charge is -2.28. The number of ether oxygens (including phenoxy) is 1. The fourth-order valence-corrected chi connectivity index (χ4v) is 4.16. The minimum absolute atomic E-state index is 0.0293. The van der Waals surface area contributed by atoms with E-state index in [-0.39, 0.29) is 16.5 Å². The second kappa shape index (κ2) is 7.51. The fourth-order valence-electron chi connectivity index (χ4n) is 2.77. The third-order valence-corrected chi connectivity index (χ3v) is 5.41. The molecule has 132 valence electrons. The highest BCUT2D eigenvalue weighted by Crippen LogP contribution is 2.35. The molecule has 0 atom stereocenters. The Morgan fingerprint density at radius 1 is 1.40 bits per heavy atom. The van der Waals surface area contributed by atoms with Crippen molar-refractivity contribution in [2.24, 2.45) is 0 Å². The minimum atomic E-state index is -0.389. The molecule has 0 aliphatic carbocycles. The summed E-state index contributed by atoms with van der Waals surface area (Å²) in [5.41, 5.74) is 1.22. The molecule has 0 radical (unpaired) electrons. The largest absolute Gasteiger partial charge is 0.378 e. The van der Waals surface area contributed by atoms with Gasteiger partial charge in [-0.1, -0.05) is 30.0 Å². The zero-order valence-electron chi connectivity index (χ0n) is 13.6. The predicted molar refractivity (Wildman–Crippen MR) is 102 cm³/mol. The van der Waals surface area contributed by atoms with E-state index in [1.165, 1.54) is 22.7 Å². The van der Waals surface area contributed by atoms with Crippen molar-refractivity contribution in [3.63, 3.8) is 0 Å². The first kappa shape index (κ1) is 17.8. The predicted octanol–water partition coefficient (Wildman–Crippen LogP) is 2.65. The van der Waals surface area contributed by atoms with Crippen LogP contribution in [0.1, 0.15) is 12.5 Å². The molecule has 1 aromatic carbocycles. The van der Waals surface area contributed by atoms with Gasteiger partial charge in [0.25, 0.3) is 11.6 Å². The highest BCUT2D eigenvalue weighted by Gasteiger charge is 2.31. The molecule has 0 unspecified atom stereocenters. The number of anilines is 1. The van der Waals surface area contributed by atoms with Crippen molar-refractivity contribution < 1.29 is 14.5 Å². The van der Waals surface area contributed by atoms with Crippen molar-refractivity contribution in [2.75, 3.05) is 37.7 Å². The molecule has 9 heteroatoms. The number of nitrogens with zero attached hydrogens (tertiary/aromatic N) is 3. The summed E-state index contributed by atoms with van der Waals surface area (Å²) < 4.78 is 5.81. The summed E-state index contributed by atoms with van der Waals surface area (Å²) in [6.07, 6.45) is 1.66. The van der Waals surface area contributed by atoms with Crippen LogP contribution in [0.5, 0.6) is 0 Å². The summed E-state index contributed by atoms with van der Waals surface area (Å²) in [7, 11) is 0. The molecule has 0 saturated carbocycles. The lowest BCUT2D eigenvalue weighted by Crippen LogP contribution is -2.36. The smallest absolute Gasteiger partial charge is 0.293 e. The highest BCUT2D eigenvalue weighted by molar-refractivity contribution is 8.26. The molecule has 0 N–H and O–H groups in total. The molecule has 0 aromatic heterocycles. The summed E-state index contributed by atoms with van der Waals surface area (Å²) in [6.45, 7) is 4.72. The molecule has 0 spiro atoms. The van der Waals surface area contributed by atoms with Gasteiger partial charge < -0.3 is 9.64 Å². The van der Waals surface area contributed by atoms with E-state index in [0.717, 1.165) is 0 Å². The number of rotatable bonds is 4. The van der Waals surface area contributed by atoms with Gasteiger partial charge >= 0.3 is 0 Å². The van der Waals surface area contributed by atoms with Crippen LogP contribution < -0.4 is 4.90 Å². The van der Waals surface area contributed by atoms with Crippen molar-refractivity contribution in [1.29, 1.82) is 0 Å². The molecular weight excluding hydrogens is 362 g/mol. The van der Waals surface area contributed by atoms with Crippen LogP contribution in [0, 0.1) is 10.1 Å². The van der Waals surface area contributed by atoms with Gasteiger partial charge in [0.15, 0.2) is 0 Å². The maximum atomic E-state index is 12.3. The summed E-state index contributed by atoms with van der Waals surface area (Å²) >= 11 is 6.40. The van der Waals surface area contributed by atoms with Crippen LogP contribution in [0.15, 0.2) is 23.1 Å². The molecule has 0 bridgehead atoms. The van der Waals surface area contributed by atoms with Crippen molar-refractivity contribution in [3.8, 4) is 0 Å². The molecule has 1 amide bonds. The number of hydrogen-bond donors (Lipinski definition) is 0. The number of nitro benzene ring substituents is 1. The number of thiocarbonyl (C=S) groups is 1. The van der Waals surface area contributed by atoms with Crippen LogP contribution in [0.25, 0.3) is 6.08 Å². The fraction of sp³-hybridized carbons (Fsp3) is 0.375. The number of carbonyl (C=O) groups excluding carboxylic acids is 1. The Morgan fingerprint density at radius 2 is 2.12 bits per heavy atom. The van der Waals surface area contributed by atoms with Crippen LogP contribution in [0.3, 0.4) is 0 Å². The van der Waals surface area contributed by atoms with E-state index in [1.54, 1.807) is 18.2 Å². The second-order valence-corrected chi connectivity index (χ2v) is 7.21. The number of amides is 1. The lowest BCUT2D eigenvalue weighted by atomic mass is 10.1. The van der Waals surface area contributed by atoms with Crippen LogP contribution in [0.4, 0.5) is 11.4 Å². The maximum Gasteiger partial charge on any atom is 0.293 e. The van der Waals surface area contributed by atoms with E-state index in [4.69, 9.17) is 17.0 Å². The van der Waals surface area contributed by atoms with Crippen LogP contribution in [-0.2, 0) is 9.53 Å². The van der Waals surface area contributed by atoms with E-state index in [0.29, 0.717) is 53.3 Å². The van der Waals surface area contributed by atoms with Gasteiger partial charge in [-0.15, -0.1) is 0 Å². The van der Waals surface area contributed by atoms with Crippen molar-refractivity contribution >= 4 is 51.7 Å². The molecule has 25 heavy (non-hydrogen) atoms. The molecule has 2 fully saturated rings. The van der Waals surface area contributed by atoms with Crippen molar-refractivity contribution in [3.05, 3.63) is 38.8 Å². The third kappa shape index (κ3) is 3.68. The number of benzene rings is 1. The van der Waals surface area contributed by atoms with Crippen LogP contribution in [0.2, 0.25) is 0 Å². The molecule has 2 saturated heterocycles. The number of carbonyl (C=O) groups is 1. The van der Waals surface area contributed by atoms with Gasteiger partial charge in [-0.2, -0.15) is 0 Å². The number of thioether (sulfide) groups is 1. The van der Waals surface area contributed by atoms with Gasteiger partial charge in [-0.05, 0) is 24.6 Å². The van der Waals surface area contributed by atoms with E-state index in [1.807, 2.05) is 11.8 Å². The number of likely N-dealkylation sites (N-methyl/N-ethyl adjacent to an activating group) is 1. The topological polar surface area (TPSA) is 75.9 Å². The molecule has 7 nitrogen and oxygen atoms in total. The number of morpholine rings is 1. The number of hydrogen-bond acceptors (Lipinski definition) is 7. The average Bonchev–Trinajstić information content (AvgIpc) is 2.88. The summed E-state index contributed by atoms with van der Waals surface area (Å²) in [4.78, 5) is 27.3. The molecule has 3 rings (SSSR count). The van der Waals surface area contributed by atoms with Gasteiger partial charge in [0.1, 0.15) is 10.0 Å². The minimum Gasteiger partial charge on any atom is -0.378 e. The Kier molecular flexibility index (Phi) is 5.36. The first-order chi connectivity index (χ1) is 12.0. The van der Waals surface area contributed by atoms with E-state index >= 15 is 0 Å². The summed E-state index contributed by atoms with van der Waals surface area (Å²) in [5.74, 6) is -0.155. The molecule has 2 aliphatic heterocycles. The third-order valence-electron chi connectivity index (χ3n) is 4.04. The van der Waals surface area contributed by atoms with Crippen LogP contribution >= 0.6 is 24.0 Å². The Morgan fingerprint density at radius 3 is 2.72 bits per heavy atom. The lowest BCUT2D eigenvalue weighted by molar-refractivity contribution is -0.384. The molecule has 2 aliphatic rings. The van der Waals surface area contributed by atoms with E-state index in [9.17, 15) is 14.9 Å². The second-order valence-electron chi connectivity index (χ2n) is 5.53. The summed E-state index contributed by atoms with van der Waals surface area (Å²) in [5, 5.41) is 11.5. The normalized spacial score (nSPS) is 19.8. The Hall–Kier alpha value is -1.97. The SMILES string of the molecule is CCN1C(=O)C(=Cc2ccc(N3CCOCC3)c([N+](=O)[O-])c2)SC1=S. The molecule has 2 heterocycles. The standard InChI is InChI=1S/C16H17N3O4S2/c1-2-18-15(20)14(25-16(18)24)10-11-3-4-12(13(9-11)19(21)22)17-5-7-23-8-6-17/h3-4,9-10H,2,5-8H2,1H3. The monoisotopic (exact) mass is 379 g/mol. The molecular formula is C16H17N3O4S2. The molecule has 1 aromatic rings. The van der Waals surface area contributed by atoms with Gasteiger partial charge in [-0.25, -0.2) is 0 Å². The highest BCUT2D eigenvalue weighted by atomic mass is 32.2. The van der Waals surface area contributed by atoms with Crippen LogP contribution in [-0.4, -0.2) is 52.9 Å². The quantitative estimate of drug-likeness (QED) is 0.344. The average molecular weight is 379 g/mol. The Bertz CT molecular complexity index is 760. The Labute approximate surface area is 154 Å². The number of nitro groups is 1. The first-order valence-corrected chi connectivity index (χ1v) is 9.10. The maximum absolute atomic E-state index is 12.3. The van der Waals surface area contributed by atoms with E-state index in [2.05, 4.69) is 0 Å².